The van der Waals surface area contributed by atoms with Crippen LogP contribution in [0.5, 0.6) is 5.75 Å². The highest BCUT2D eigenvalue weighted by Crippen LogP contribution is 2.38. The molecule has 4 aromatic rings. The standard InChI is InChI=1S/C34H42F2N10O4S/c1-41(2)21-29(47)44-15-13-42(14-16-44)19-23-7-11-43(12-8-23)30(48)22-45-20-27(39-33(49)26-18-38-46-10-4-9-37-32(26)46)31(40-45)25-17-24(51-3)5-6-28(25)50-34(35)36/h4-6,9-10,17-18,20,23,34H,7-8,11-16,19,21-22H2,1-3H3,(H,39,49). The number of amides is 3. The van der Waals surface area contributed by atoms with E-state index in [1.165, 1.54) is 39.4 Å². The predicted molar refractivity (Wildman–Crippen MR) is 188 cm³/mol. The molecule has 0 atom stereocenters. The summed E-state index contributed by atoms with van der Waals surface area (Å²) in [6.07, 6.45) is 9.70. The van der Waals surface area contributed by atoms with Gasteiger partial charge in [0, 0.05) is 74.9 Å². The van der Waals surface area contributed by atoms with Gasteiger partial charge in [0.05, 0.1) is 18.4 Å². The molecule has 5 heterocycles. The average Bonchev–Trinajstić information content (AvgIpc) is 3.72. The third-order valence-corrected chi connectivity index (χ3v) is 9.87. The lowest BCUT2D eigenvalue weighted by atomic mass is 9.96. The van der Waals surface area contributed by atoms with E-state index in [2.05, 4.69) is 25.4 Å². The van der Waals surface area contributed by atoms with Gasteiger partial charge in [0.1, 0.15) is 23.6 Å². The van der Waals surface area contributed by atoms with Crippen molar-refractivity contribution in [3.8, 4) is 17.0 Å². The van der Waals surface area contributed by atoms with Gasteiger partial charge >= 0.3 is 6.61 Å². The summed E-state index contributed by atoms with van der Waals surface area (Å²) < 4.78 is 34.6. The molecule has 3 aromatic heterocycles. The van der Waals surface area contributed by atoms with Crippen molar-refractivity contribution in [1.29, 1.82) is 0 Å². The summed E-state index contributed by atoms with van der Waals surface area (Å²) in [5, 5.41) is 11.6. The Labute approximate surface area is 298 Å². The fourth-order valence-corrected chi connectivity index (χ4v) is 6.95. The van der Waals surface area contributed by atoms with Crippen LogP contribution in [0, 0.1) is 5.92 Å². The summed E-state index contributed by atoms with van der Waals surface area (Å²) in [4.78, 5) is 52.5. The Bertz CT molecular complexity index is 1850. The maximum Gasteiger partial charge on any atom is 0.387 e. The topological polar surface area (TPSA) is 133 Å². The van der Waals surface area contributed by atoms with Crippen molar-refractivity contribution >= 4 is 40.8 Å². The Morgan fingerprint density at radius 3 is 2.51 bits per heavy atom. The Morgan fingerprint density at radius 2 is 1.80 bits per heavy atom. The second-order valence-electron chi connectivity index (χ2n) is 13.0. The highest BCUT2D eigenvalue weighted by Gasteiger charge is 2.28. The summed E-state index contributed by atoms with van der Waals surface area (Å²) >= 11 is 1.41. The predicted octanol–water partition coefficient (Wildman–Crippen LogP) is 3.11. The van der Waals surface area contributed by atoms with Crippen LogP contribution in [0.1, 0.15) is 23.2 Å². The summed E-state index contributed by atoms with van der Waals surface area (Å²) in [6, 6.07) is 6.45. The zero-order valence-corrected chi connectivity index (χ0v) is 29.7. The van der Waals surface area contributed by atoms with E-state index in [0.717, 1.165) is 50.5 Å². The number of piperidine rings is 1. The Morgan fingerprint density at radius 1 is 1.06 bits per heavy atom. The van der Waals surface area contributed by atoms with Gasteiger partial charge in [-0.15, -0.1) is 11.8 Å². The van der Waals surface area contributed by atoms with Gasteiger partial charge < -0.3 is 24.8 Å². The number of nitrogens with zero attached hydrogens (tertiary/aromatic N) is 9. The number of anilines is 1. The number of carbonyl (C=O) groups excluding carboxylic acids is 3. The number of benzene rings is 1. The number of alkyl halides is 2. The number of likely N-dealkylation sites (N-methyl/N-ethyl adjacent to an activating group) is 1. The van der Waals surface area contributed by atoms with Crippen molar-refractivity contribution in [2.45, 2.75) is 30.9 Å². The van der Waals surface area contributed by atoms with Crippen LogP contribution in [0.3, 0.4) is 0 Å². The molecule has 0 saturated carbocycles. The zero-order valence-electron chi connectivity index (χ0n) is 28.9. The van der Waals surface area contributed by atoms with Crippen LogP contribution in [0.15, 0.2) is 53.9 Å². The maximum absolute atomic E-state index is 13.5. The van der Waals surface area contributed by atoms with Gasteiger partial charge in [0.15, 0.2) is 5.65 Å². The number of ether oxygens (including phenoxy) is 1. The van der Waals surface area contributed by atoms with Crippen LogP contribution in [0.25, 0.3) is 16.9 Å². The highest BCUT2D eigenvalue weighted by atomic mass is 32.2. The smallest absolute Gasteiger partial charge is 0.387 e. The molecule has 2 saturated heterocycles. The first-order valence-corrected chi connectivity index (χ1v) is 18.0. The van der Waals surface area contributed by atoms with E-state index in [4.69, 9.17) is 4.74 Å². The third-order valence-electron chi connectivity index (χ3n) is 9.15. The summed E-state index contributed by atoms with van der Waals surface area (Å²) in [5.41, 5.74) is 1.17. The van der Waals surface area contributed by atoms with Gasteiger partial charge in [-0.2, -0.15) is 19.0 Å². The normalized spacial score (nSPS) is 16.0. The molecule has 0 radical (unpaired) electrons. The first-order chi connectivity index (χ1) is 24.6. The Kier molecular flexibility index (Phi) is 11.5. The lowest BCUT2D eigenvalue weighted by Crippen LogP contribution is -2.52. The van der Waals surface area contributed by atoms with Gasteiger partial charge in [0.25, 0.3) is 5.91 Å². The van der Waals surface area contributed by atoms with Crippen LogP contribution in [-0.4, -0.2) is 141 Å². The van der Waals surface area contributed by atoms with Crippen molar-refractivity contribution in [2.75, 3.05) is 78.0 Å². The van der Waals surface area contributed by atoms with Crippen LogP contribution in [0.2, 0.25) is 0 Å². The molecule has 0 aliphatic carbocycles. The molecule has 51 heavy (non-hydrogen) atoms. The number of carbonyl (C=O) groups is 3. The van der Waals surface area contributed by atoms with E-state index in [0.29, 0.717) is 31.2 Å². The molecular weight excluding hydrogens is 683 g/mol. The molecule has 17 heteroatoms. The molecule has 1 aromatic carbocycles. The second-order valence-corrected chi connectivity index (χ2v) is 13.9. The molecule has 0 unspecified atom stereocenters. The van der Waals surface area contributed by atoms with Crippen molar-refractivity contribution in [2.24, 2.45) is 5.92 Å². The number of aromatic nitrogens is 5. The van der Waals surface area contributed by atoms with Crippen molar-refractivity contribution in [3.05, 3.63) is 54.6 Å². The van der Waals surface area contributed by atoms with Gasteiger partial charge in [-0.25, -0.2) is 9.50 Å². The van der Waals surface area contributed by atoms with E-state index >= 15 is 0 Å². The van der Waals surface area contributed by atoms with Crippen molar-refractivity contribution in [3.63, 3.8) is 0 Å². The SMILES string of the molecule is CSc1ccc(OC(F)F)c(-c2nn(CC(=O)N3CCC(CN4CCN(C(=O)CN(C)C)CC4)CC3)cc2NC(=O)c2cnn3cccnc23)c1. The summed E-state index contributed by atoms with van der Waals surface area (Å²) in [6.45, 7) is 2.51. The number of likely N-dealkylation sites (tertiary alicyclic amines) is 1. The number of hydrogen-bond acceptors (Lipinski definition) is 10. The molecule has 2 aliphatic rings. The largest absolute Gasteiger partial charge is 0.434 e. The van der Waals surface area contributed by atoms with Gasteiger partial charge in [-0.3, -0.25) is 24.0 Å². The molecule has 6 rings (SSSR count). The Hall–Kier alpha value is -4.61. The lowest BCUT2D eigenvalue weighted by Gasteiger charge is -2.39. The number of rotatable bonds is 12. The highest BCUT2D eigenvalue weighted by molar-refractivity contribution is 7.98. The van der Waals surface area contributed by atoms with Crippen molar-refractivity contribution in [1.82, 2.24) is 44.0 Å². The van der Waals surface area contributed by atoms with E-state index in [1.807, 2.05) is 35.1 Å². The molecule has 2 aliphatic heterocycles. The molecule has 272 valence electrons. The number of piperazine rings is 1. The molecule has 0 spiro atoms. The molecule has 3 amide bonds. The number of thioether (sulfide) groups is 1. The van der Waals surface area contributed by atoms with E-state index in [9.17, 15) is 23.2 Å². The zero-order chi connectivity index (χ0) is 36.1. The lowest BCUT2D eigenvalue weighted by molar-refractivity contribution is -0.133. The minimum Gasteiger partial charge on any atom is -0.434 e. The van der Waals surface area contributed by atoms with Gasteiger partial charge in [-0.05, 0) is 63.4 Å². The minimum absolute atomic E-state index is 0.109. The van der Waals surface area contributed by atoms with Gasteiger partial charge in [-0.1, -0.05) is 0 Å². The molecule has 14 nitrogen and oxygen atoms in total. The van der Waals surface area contributed by atoms with Crippen molar-refractivity contribution < 1.29 is 27.9 Å². The summed E-state index contributed by atoms with van der Waals surface area (Å²) in [5.74, 6) is -0.178. The summed E-state index contributed by atoms with van der Waals surface area (Å²) in [7, 11) is 3.79. The quantitative estimate of drug-likeness (QED) is 0.218. The second kappa shape index (κ2) is 16.2. The minimum atomic E-state index is -3.08. The first kappa shape index (κ1) is 36.2. The average molecular weight is 725 g/mol. The Balaban J connectivity index is 1.14. The molecular formula is C34H42F2N10O4S. The van der Waals surface area contributed by atoms with Crippen LogP contribution < -0.4 is 10.1 Å². The third kappa shape index (κ3) is 8.83. The molecule has 2 fully saturated rings. The number of hydrogen-bond donors (Lipinski definition) is 1. The fraction of sp³-hybridized carbons (Fsp3) is 0.471. The number of halogens is 2. The first-order valence-electron chi connectivity index (χ1n) is 16.8. The van der Waals surface area contributed by atoms with Gasteiger partial charge in [0.2, 0.25) is 11.8 Å². The van der Waals surface area contributed by atoms with E-state index in [1.54, 1.807) is 30.6 Å². The number of fused-ring (bicyclic) bond motifs is 1. The monoisotopic (exact) mass is 724 g/mol. The van der Waals surface area contributed by atoms with Crippen LogP contribution in [-0.2, 0) is 16.1 Å². The molecule has 0 bridgehead atoms. The molecule has 1 N–H and O–H groups in total. The van der Waals surface area contributed by atoms with E-state index in [-0.39, 0.29) is 46.6 Å². The maximum atomic E-state index is 13.5. The number of nitrogens with one attached hydrogen (secondary N) is 1. The van der Waals surface area contributed by atoms with E-state index < -0.39 is 12.5 Å². The van der Waals surface area contributed by atoms with Crippen LogP contribution in [0.4, 0.5) is 14.5 Å². The fourth-order valence-electron chi connectivity index (χ4n) is 6.51. The van der Waals surface area contributed by atoms with Crippen LogP contribution >= 0.6 is 11.8 Å².